The van der Waals surface area contributed by atoms with E-state index in [2.05, 4.69) is 67.8 Å². The van der Waals surface area contributed by atoms with Crippen molar-refractivity contribution in [2.45, 2.75) is 264 Å². The number of nitrogens with two attached hydrogens (primary N) is 1. The van der Waals surface area contributed by atoms with E-state index in [0.29, 0.717) is 32.2 Å². The molecular formula is C53H96N2O5. The molecule has 0 aliphatic rings. The quantitative estimate of drug-likeness (QED) is 0.0319. The van der Waals surface area contributed by atoms with Crippen LogP contribution >= 0.6 is 0 Å². The summed E-state index contributed by atoms with van der Waals surface area (Å²) in [5.74, 6) is -1.26. The van der Waals surface area contributed by atoms with Gasteiger partial charge in [0.05, 0.1) is 0 Å². The summed E-state index contributed by atoms with van der Waals surface area (Å²) in [6.07, 6.45) is 58.8. The lowest BCUT2D eigenvalue weighted by Crippen LogP contribution is -2.40. The zero-order chi connectivity index (χ0) is 43.8. The molecular weight excluding hydrogens is 745 g/mol. The number of hydrogen-bond acceptors (Lipinski definition) is 5. The third kappa shape index (κ3) is 43.4. The largest absolute Gasteiger partial charge is 0.480 e. The van der Waals surface area contributed by atoms with E-state index in [1.807, 2.05) is 0 Å². The molecule has 60 heavy (non-hydrogen) atoms. The molecule has 0 spiro atoms. The maximum absolute atomic E-state index is 12.9. The van der Waals surface area contributed by atoms with Crippen molar-refractivity contribution in [2.24, 2.45) is 5.73 Å². The van der Waals surface area contributed by atoms with Gasteiger partial charge in [-0.3, -0.25) is 9.59 Å². The Morgan fingerprint density at radius 1 is 0.483 bits per heavy atom. The summed E-state index contributed by atoms with van der Waals surface area (Å²) in [5, 5.41) is 12.0. The summed E-state index contributed by atoms with van der Waals surface area (Å²) < 4.78 is 6.05. The van der Waals surface area contributed by atoms with E-state index in [4.69, 9.17) is 10.5 Å². The van der Waals surface area contributed by atoms with Crippen LogP contribution in [-0.2, 0) is 19.1 Å². The Balaban J connectivity index is 4.30. The number of allylic oxidation sites excluding steroid dienone is 8. The fraction of sp³-hybridized carbons (Fsp3) is 0.792. The molecule has 7 heteroatoms. The second kappa shape index (κ2) is 47.4. The van der Waals surface area contributed by atoms with Crippen LogP contribution in [0.4, 0.5) is 0 Å². The van der Waals surface area contributed by atoms with Crippen LogP contribution in [0, 0.1) is 0 Å². The highest BCUT2D eigenvalue weighted by atomic mass is 16.5. The molecule has 2 unspecified atom stereocenters. The van der Waals surface area contributed by atoms with Crippen molar-refractivity contribution in [3.63, 3.8) is 0 Å². The highest BCUT2D eigenvalue weighted by Crippen LogP contribution is 2.18. The maximum atomic E-state index is 12.9. The molecule has 0 saturated heterocycles. The van der Waals surface area contributed by atoms with Crippen molar-refractivity contribution in [3.8, 4) is 0 Å². The summed E-state index contributed by atoms with van der Waals surface area (Å²) in [4.78, 5) is 36.5. The highest BCUT2D eigenvalue weighted by Gasteiger charge is 2.19. The molecule has 0 rings (SSSR count). The number of unbranched alkanes of at least 4 members (excludes halogenated alkanes) is 24. The van der Waals surface area contributed by atoms with Crippen molar-refractivity contribution in [3.05, 3.63) is 48.6 Å². The van der Waals surface area contributed by atoms with Gasteiger partial charge in [-0.1, -0.05) is 178 Å². The topological polar surface area (TPSA) is 119 Å². The number of carbonyl (C=O) groups excluding carboxylic acids is 2. The Hall–Kier alpha value is -2.67. The third-order valence-electron chi connectivity index (χ3n) is 11.4. The number of rotatable bonds is 46. The van der Waals surface area contributed by atoms with Crippen LogP contribution in [0.1, 0.15) is 251 Å². The fourth-order valence-electron chi connectivity index (χ4n) is 7.52. The van der Waals surface area contributed by atoms with Crippen molar-refractivity contribution in [1.29, 1.82) is 0 Å². The molecule has 4 N–H and O–H groups in total. The smallest absolute Gasteiger partial charge is 0.326 e. The van der Waals surface area contributed by atoms with Crippen LogP contribution in [-0.4, -0.2) is 41.6 Å². The van der Waals surface area contributed by atoms with E-state index in [9.17, 15) is 19.5 Å². The summed E-state index contributed by atoms with van der Waals surface area (Å²) in [6, 6.07) is -0.863. The lowest BCUT2D eigenvalue weighted by molar-refractivity contribution is -0.150. The molecule has 0 radical (unpaired) electrons. The number of carboxylic acid groups (broad SMARTS) is 1. The van der Waals surface area contributed by atoms with Crippen molar-refractivity contribution in [1.82, 2.24) is 5.32 Å². The predicted molar refractivity (Wildman–Crippen MR) is 257 cm³/mol. The molecule has 7 nitrogen and oxygen atoms in total. The van der Waals surface area contributed by atoms with Gasteiger partial charge in [-0.05, 0) is 116 Å². The van der Waals surface area contributed by atoms with E-state index in [1.165, 1.54) is 128 Å². The molecule has 2 atom stereocenters. The number of nitrogens with one attached hydrogen (secondary N) is 1. The molecule has 0 aliphatic heterocycles. The number of carbonyl (C=O) groups is 3. The minimum absolute atomic E-state index is 0.0343. The van der Waals surface area contributed by atoms with Crippen molar-refractivity contribution >= 4 is 17.8 Å². The van der Waals surface area contributed by atoms with E-state index in [1.54, 1.807) is 0 Å². The first kappa shape index (κ1) is 57.3. The summed E-state index contributed by atoms with van der Waals surface area (Å²) >= 11 is 0. The normalized spacial score (nSPS) is 13.0. The molecule has 0 aromatic rings. The molecule has 1 amide bonds. The standard InChI is InChI=1S/C53H96N2O5/c1-3-5-7-9-11-13-15-17-18-19-20-21-22-23-24-26-28-30-32-37-41-47-52(57)60-49(43-38-34-31-29-27-25-16-14-12-10-8-6-4-2)44-39-35-33-36-40-46-51(56)55-50(53(58)59)45-42-48-54/h15-17,19-20,25,29,31,49-50H,3-14,18,21-24,26-28,30,32-48,54H2,1-2H3,(H,55,56)(H,58,59)/b17-15-,20-19-,25-16-,31-29-. The van der Waals surface area contributed by atoms with Gasteiger partial charge in [0.2, 0.25) is 5.91 Å². The molecule has 0 bridgehead atoms. The van der Waals surface area contributed by atoms with E-state index < -0.39 is 12.0 Å². The average molecular weight is 841 g/mol. The van der Waals surface area contributed by atoms with Gasteiger partial charge in [-0.25, -0.2) is 4.79 Å². The first-order valence-corrected chi connectivity index (χ1v) is 25.5. The molecule has 0 fully saturated rings. The molecule has 0 aromatic heterocycles. The Bertz CT molecular complexity index is 1080. The summed E-state index contributed by atoms with van der Waals surface area (Å²) in [5.41, 5.74) is 5.50. The minimum atomic E-state index is -1.01. The SMILES string of the molecule is CCCCCCC/C=C\C/C=C\CCCCCCCCCCCC(=O)OC(CCC/C=C\C/C=C\CCCCCCC)CCCCCCCC(=O)NC(CCCN)C(=O)O. The predicted octanol–water partition coefficient (Wildman–Crippen LogP) is 15.1. The number of esters is 1. The first-order chi connectivity index (χ1) is 29.4. The highest BCUT2D eigenvalue weighted by molar-refractivity contribution is 5.83. The van der Waals surface area contributed by atoms with Crippen molar-refractivity contribution in [2.75, 3.05) is 6.54 Å². The Labute approximate surface area is 370 Å². The third-order valence-corrected chi connectivity index (χ3v) is 11.4. The molecule has 0 heterocycles. The van der Waals surface area contributed by atoms with Gasteiger partial charge in [0.1, 0.15) is 12.1 Å². The van der Waals surface area contributed by atoms with E-state index in [0.717, 1.165) is 83.5 Å². The molecule has 0 aromatic carbocycles. The molecule has 0 aliphatic carbocycles. The van der Waals surface area contributed by atoms with E-state index >= 15 is 0 Å². The van der Waals surface area contributed by atoms with Crippen LogP contribution in [0.15, 0.2) is 48.6 Å². The Morgan fingerprint density at radius 2 is 0.883 bits per heavy atom. The maximum Gasteiger partial charge on any atom is 0.326 e. The van der Waals surface area contributed by atoms with Gasteiger partial charge in [0.25, 0.3) is 0 Å². The average Bonchev–Trinajstić information content (AvgIpc) is 3.23. The number of carboxylic acids is 1. The number of amides is 1. The lowest BCUT2D eigenvalue weighted by Gasteiger charge is -2.18. The molecule has 0 saturated carbocycles. The monoisotopic (exact) mass is 841 g/mol. The lowest BCUT2D eigenvalue weighted by atomic mass is 10.0. The molecule has 348 valence electrons. The van der Waals surface area contributed by atoms with Gasteiger partial charge >= 0.3 is 11.9 Å². The Kier molecular flexibility index (Phi) is 45.3. The fourth-order valence-corrected chi connectivity index (χ4v) is 7.52. The summed E-state index contributed by atoms with van der Waals surface area (Å²) in [6.45, 7) is 4.93. The first-order valence-electron chi connectivity index (χ1n) is 25.5. The Morgan fingerprint density at radius 3 is 1.35 bits per heavy atom. The zero-order valence-corrected chi connectivity index (χ0v) is 39.3. The summed E-state index contributed by atoms with van der Waals surface area (Å²) in [7, 11) is 0. The van der Waals surface area contributed by atoms with Crippen molar-refractivity contribution < 1.29 is 24.2 Å². The van der Waals surface area contributed by atoms with Gasteiger partial charge in [-0.15, -0.1) is 0 Å². The number of aliphatic carboxylic acids is 1. The van der Waals surface area contributed by atoms with Crippen LogP contribution in [0.3, 0.4) is 0 Å². The minimum Gasteiger partial charge on any atom is -0.480 e. The van der Waals surface area contributed by atoms with E-state index in [-0.39, 0.29) is 18.0 Å². The van der Waals surface area contributed by atoms with Crippen LogP contribution in [0.5, 0.6) is 0 Å². The van der Waals surface area contributed by atoms with Gasteiger partial charge in [-0.2, -0.15) is 0 Å². The number of ether oxygens (including phenoxy) is 1. The van der Waals surface area contributed by atoms with Gasteiger partial charge in [0, 0.05) is 12.8 Å². The van der Waals surface area contributed by atoms with Gasteiger partial charge in [0.15, 0.2) is 0 Å². The second-order valence-electron chi connectivity index (χ2n) is 17.2. The van der Waals surface area contributed by atoms with Crippen LogP contribution in [0.25, 0.3) is 0 Å². The zero-order valence-electron chi connectivity index (χ0n) is 39.3. The van der Waals surface area contributed by atoms with Gasteiger partial charge < -0.3 is 20.9 Å². The number of hydrogen-bond donors (Lipinski definition) is 3. The van der Waals surface area contributed by atoms with Crippen LogP contribution < -0.4 is 11.1 Å². The second-order valence-corrected chi connectivity index (χ2v) is 17.2. The van der Waals surface area contributed by atoms with Crippen LogP contribution in [0.2, 0.25) is 0 Å².